The summed E-state index contributed by atoms with van der Waals surface area (Å²) in [6.45, 7) is 0. The lowest BCUT2D eigenvalue weighted by molar-refractivity contribution is 0.412. The third-order valence-corrected chi connectivity index (χ3v) is 2.45. The van der Waals surface area contributed by atoms with Crippen LogP contribution in [0, 0.1) is 0 Å². The maximum absolute atomic E-state index is 5.95. The maximum atomic E-state index is 5.95. The maximum Gasteiger partial charge on any atom is 0.259 e. The number of nitrogens with one attached hydrogen (secondary N) is 2. The first-order valence-corrected chi connectivity index (χ1v) is 5.14. The van der Waals surface area contributed by atoms with Gasteiger partial charge in [-0.05, 0) is 24.3 Å². The van der Waals surface area contributed by atoms with Crippen LogP contribution in [0.25, 0.3) is 0 Å². The number of nitrogens with two attached hydrogens (primary N) is 1. The lowest BCUT2D eigenvalue weighted by Gasteiger charge is -2.04. The average Bonchev–Trinajstić information content (AvgIpc) is 2.71. The molecule has 0 spiro atoms. The van der Waals surface area contributed by atoms with E-state index in [1.807, 2.05) is 0 Å². The lowest BCUT2D eigenvalue weighted by Crippen LogP contribution is -2.07. The van der Waals surface area contributed by atoms with E-state index in [9.17, 15) is 0 Å². The van der Waals surface area contributed by atoms with E-state index >= 15 is 0 Å². The van der Waals surface area contributed by atoms with Crippen molar-refractivity contribution in [1.29, 1.82) is 0 Å². The number of aromatic amines is 1. The molecule has 2 aromatic rings. The molecule has 4 N–H and O–H groups in total. The van der Waals surface area contributed by atoms with Crippen molar-refractivity contribution in [3.8, 4) is 17.4 Å². The van der Waals surface area contributed by atoms with Crippen molar-refractivity contribution in [3.63, 3.8) is 0 Å². The SMILES string of the molecule is COc1ccc(Oc2n[nH]c(NN)c2Cl)cc1. The van der Waals surface area contributed by atoms with Gasteiger partial charge in [-0.1, -0.05) is 11.6 Å². The summed E-state index contributed by atoms with van der Waals surface area (Å²) >= 11 is 5.95. The van der Waals surface area contributed by atoms with Gasteiger partial charge in [-0.3, -0.25) is 5.10 Å². The zero-order valence-corrected chi connectivity index (χ0v) is 9.78. The number of aromatic nitrogens is 2. The standard InChI is InChI=1S/C10H11ClN4O2/c1-16-6-2-4-7(5-3-6)17-10-8(11)9(13-12)14-15-10/h2-5H,12H2,1H3,(H2,13,14,15). The highest BCUT2D eigenvalue weighted by atomic mass is 35.5. The first kappa shape index (κ1) is 11.6. The van der Waals surface area contributed by atoms with Crippen LogP contribution in [-0.4, -0.2) is 17.3 Å². The molecule has 0 atom stereocenters. The van der Waals surface area contributed by atoms with E-state index in [4.69, 9.17) is 26.9 Å². The number of halogens is 1. The Morgan fingerprint density at radius 1 is 1.29 bits per heavy atom. The summed E-state index contributed by atoms with van der Waals surface area (Å²) in [6, 6.07) is 7.05. The molecule has 0 fully saturated rings. The summed E-state index contributed by atoms with van der Waals surface area (Å²) in [5, 5.41) is 6.77. The Hall–Kier alpha value is -1.92. The van der Waals surface area contributed by atoms with E-state index in [1.165, 1.54) is 0 Å². The van der Waals surface area contributed by atoms with E-state index < -0.39 is 0 Å². The van der Waals surface area contributed by atoms with Gasteiger partial charge in [0.15, 0.2) is 5.82 Å². The highest BCUT2D eigenvalue weighted by Gasteiger charge is 2.12. The van der Waals surface area contributed by atoms with Crippen LogP contribution in [0.3, 0.4) is 0 Å². The van der Waals surface area contributed by atoms with E-state index in [0.29, 0.717) is 16.6 Å². The lowest BCUT2D eigenvalue weighted by atomic mass is 10.3. The van der Waals surface area contributed by atoms with Crippen molar-refractivity contribution < 1.29 is 9.47 Å². The van der Waals surface area contributed by atoms with Gasteiger partial charge in [0.05, 0.1) is 7.11 Å². The number of hydrogen-bond acceptors (Lipinski definition) is 5. The molecule has 0 saturated heterocycles. The fourth-order valence-electron chi connectivity index (χ4n) is 1.23. The molecule has 0 radical (unpaired) electrons. The van der Waals surface area contributed by atoms with E-state index in [-0.39, 0.29) is 5.88 Å². The average molecular weight is 255 g/mol. The molecule has 2 rings (SSSR count). The Balaban J connectivity index is 2.16. The Morgan fingerprint density at radius 3 is 2.47 bits per heavy atom. The van der Waals surface area contributed by atoms with Gasteiger partial charge in [-0.2, -0.15) is 0 Å². The van der Waals surface area contributed by atoms with Crippen molar-refractivity contribution in [1.82, 2.24) is 10.2 Å². The van der Waals surface area contributed by atoms with Crippen LogP contribution in [0.4, 0.5) is 5.82 Å². The Bertz CT molecular complexity index is 498. The second-order valence-electron chi connectivity index (χ2n) is 3.14. The summed E-state index contributed by atoms with van der Waals surface area (Å²) in [7, 11) is 1.60. The van der Waals surface area contributed by atoms with Crippen LogP contribution >= 0.6 is 11.6 Å². The first-order valence-electron chi connectivity index (χ1n) is 4.77. The van der Waals surface area contributed by atoms with Gasteiger partial charge >= 0.3 is 0 Å². The summed E-state index contributed by atoms with van der Waals surface area (Å²) in [6.07, 6.45) is 0. The largest absolute Gasteiger partial charge is 0.497 e. The number of methoxy groups -OCH3 is 1. The van der Waals surface area contributed by atoms with Crippen LogP contribution in [0.2, 0.25) is 5.02 Å². The molecule has 90 valence electrons. The molecular formula is C10H11ClN4O2. The van der Waals surface area contributed by atoms with Gasteiger partial charge in [0.25, 0.3) is 5.88 Å². The molecule has 0 aliphatic carbocycles. The van der Waals surface area contributed by atoms with Crippen LogP contribution in [0.1, 0.15) is 0 Å². The molecule has 7 heteroatoms. The van der Waals surface area contributed by atoms with Crippen molar-refractivity contribution in [2.24, 2.45) is 5.84 Å². The van der Waals surface area contributed by atoms with Crippen LogP contribution < -0.4 is 20.7 Å². The molecular weight excluding hydrogens is 244 g/mol. The molecule has 1 aromatic heterocycles. The quantitative estimate of drug-likeness (QED) is 0.575. The number of nitrogens with zero attached hydrogens (tertiary/aromatic N) is 1. The number of rotatable bonds is 4. The van der Waals surface area contributed by atoms with Crippen molar-refractivity contribution in [2.75, 3.05) is 12.5 Å². The topological polar surface area (TPSA) is 85.2 Å². The number of H-pyrrole nitrogens is 1. The van der Waals surface area contributed by atoms with Gasteiger partial charge in [-0.25, -0.2) is 5.84 Å². The molecule has 1 heterocycles. The van der Waals surface area contributed by atoms with Crippen molar-refractivity contribution in [2.45, 2.75) is 0 Å². The normalized spacial score (nSPS) is 10.1. The zero-order valence-electron chi connectivity index (χ0n) is 9.03. The molecule has 0 amide bonds. The molecule has 0 aliphatic heterocycles. The molecule has 0 aliphatic rings. The molecule has 0 unspecified atom stereocenters. The molecule has 17 heavy (non-hydrogen) atoms. The minimum absolute atomic E-state index is 0.254. The summed E-state index contributed by atoms with van der Waals surface area (Å²) < 4.78 is 10.5. The number of nitrogen functional groups attached to an aromatic ring is 1. The highest BCUT2D eigenvalue weighted by molar-refractivity contribution is 6.34. The van der Waals surface area contributed by atoms with Gasteiger partial charge in [0.1, 0.15) is 16.5 Å². The molecule has 0 bridgehead atoms. The molecule has 0 saturated carbocycles. The fraction of sp³-hybridized carbons (Fsp3) is 0.100. The fourth-order valence-corrected chi connectivity index (χ4v) is 1.41. The van der Waals surface area contributed by atoms with E-state index in [1.54, 1.807) is 31.4 Å². The van der Waals surface area contributed by atoms with Crippen LogP contribution in [0.5, 0.6) is 17.4 Å². The second kappa shape index (κ2) is 4.94. The second-order valence-corrected chi connectivity index (χ2v) is 3.52. The summed E-state index contributed by atoms with van der Waals surface area (Å²) in [5.74, 6) is 7.22. The van der Waals surface area contributed by atoms with Crippen molar-refractivity contribution in [3.05, 3.63) is 29.3 Å². The predicted octanol–water partition coefficient (Wildman–Crippen LogP) is 2.15. The summed E-state index contributed by atoms with van der Waals surface area (Å²) in [5.41, 5.74) is 2.37. The zero-order chi connectivity index (χ0) is 12.3. The van der Waals surface area contributed by atoms with Crippen LogP contribution in [0.15, 0.2) is 24.3 Å². The van der Waals surface area contributed by atoms with Gasteiger partial charge in [-0.15, -0.1) is 5.10 Å². The Morgan fingerprint density at radius 2 is 1.94 bits per heavy atom. The van der Waals surface area contributed by atoms with Gasteiger partial charge in [0, 0.05) is 0 Å². The molecule has 6 nitrogen and oxygen atoms in total. The van der Waals surface area contributed by atoms with E-state index in [0.717, 1.165) is 5.75 Å². The highest BCUT2D eigenvalue weighted by Crippen LogP contribution is 2.32. The minimum Gasteiger partial charge on any atom is -0.497 e. The third kappa shape index (κ3) is 2.43. The summed E-state index contributed by atoms with van der Waals surface area (Å²) in [4.78, 5) is 0. The molecule has 1 aromatic carbocycles. The smallest absolute Gasteiger partial charge is 0.259 e. The minimum atomic E-state index is 0.254. The Labute approximate surface area is 103 Å². The van der Waals surface area contributed by atoms with Crippen molar-refractivity contribution >= 4 is 17.4 Å². The van der Waals surface area contributed by atoms with E-state index in [2.05, 4.69) is 15.6 Å². The third-order valence-electron chi connectivity index (χ3n) is 2.09. The Kier molecular flexibility index (Phi) is 3.36. The number of anilines is 1. The number of ether oxygens (including phenoxy) is 2. The predicted molar refractivity (Wildman–Crippen MR) is 64.5 cm³/mol. The number of benzene rings is 1. The number of hydrazine groups is 1. The van der Waals surface area contributed by atoms with Crippen LogP contribution in [-0.2, 0) is 0 Å². The van der Waals surface area contributed by atoms with Gasteiger partial charge < -0.3 is 14.9 Å². The monoisotopic (exact) mass is 254 g/mol. The number of hydrogen-bond donors (Lipinski definition) is 3. The first-order chi connectivity index (χ1) is 8.24. The van der Waals surface area contributed by atoms with Gasteiger partial charge in [0.2, 0.25) is 0 Å².